The largest absolute Gasteiger partial charge is 0.313 e. The molecular weight excluding hydrogens is 226 g/mol. The van der Waals surface area contributed by atoms with Gasteiger partial charge < -0.3 is 5.32 Å². The van der Waals surface area contributed by atoms with Crippen molar-refractivity contribution in [3.05, 3.63) is 34.9 Å². The van der Waals surface area contributed by atoms with Crippen LogP contribution in [0.5, 0.6) is 0 Å². The summed E-state index contributed by atoms with van der Waals surface area (Å²) in [7, 11) is 0. The predicted octanol–water partition coefficient (Wildman–Crippen LogP) is 3.93. The van der Waals surface area contributed by atoms with E-state index in [4.69, 9.17) is 0 Å². The fourth-order valence-corrected chi connectivity index (χ4v) is 2.57. The minimum atomic E-state index is 1.01. The lowest BCUT2D eigenvalue weighted by molar-refractivity contribution is 0.618. The Morgan fingerprint density at radius 2 is 1.71 bits per heavy atom. The van der Waals surface area contributed by atoms with Gasteiger partial charge in [-0.05, 0) is 50.8 Å². The van der Waals surface area contributed by atoms with Crippen molar-refractivity contribution in [2.45, 2.75) is 39.7 Å². The molecule has 0 unspecified atom stereocenters. The molecule has 0 spiro atoms. The molecule has 1 aromatic carbocycles. The van der Waals surface area contributed by atoms with E-state index in [0.717, 1.165) is 13.1 Å². The first-order chi connectivity index (χ1) is 8.22. The monoisotopic (exact) mass is 251 g/mol. The summed E-state index contributed by atoms with van der Waals surface area (Å²) in [5, 5.41) is 3.53. The van der Waals surface area contributed by atoms with E-state index < -0.39 is 0 Å². The zero-order valence-electron chi connectivity index (χ0n) is 11.4. The van der Waals surface area contributed by atoms with Gasteiger partial charge in [-0.15, -0.1) is 0 Å². The van der Waals surface area contributed by atoms with Crippen LogP contribution in [0.3, 0.4) is 0 Å². The van der Waals surface area contributed by atoms with Crippen molar-refractivity contribution < 1.29 is 0 Å². The van der Waals surface area contributed by atoms with Crippen molar-refractivity contribution in [3.63, 3.8) is 0 Å². The fourth-order valence-electron chi connectivity index (χ4n) is 2.08. The Balaban J connectivity index is 2.13. The van der Waals surface area contributed by atoms with Crippen LogP contribution in [0.15, 0.2) is 18.2 Å². The quantitative estimate of drug-likeness (QED) is 0.703. The minimum Gasteiger partial charge on any atom is -0.313 e. The molecule has 0 saturated heterocycles. The molecule has 1 rings (SSSR count). The topological polar surface area (TPSA) is 12.0 Å². The van der Waals surface area contributed by atoms with Crippen LogP contribution in [0.1, 0.15) is 36.0 Å². The maximum Gasteiger partial charge on any atom is 0.0205 e. The minimum absolute atomic E-state index is 1.01. The van der Waals surface area contributed by atoms with Gasteiger partial charge in [0, 0.05) is 6.54 Å². The number of rotatable bonds is 8. The number of hydrogen-bond donors (Lipinski definition) is 1. The summed E-state index contributed by atoms with van der Waals surface area (Å²) in [5.74, 6) is 1.30. The highest BCUT2D eigenvalue weighted by Crippen LogP contribution is 2.08. The number of benzene rings is 1. The highest BCUT2D eigenvalue weighted by Gasteiger charge is 1.95. The van der Waals surface area contributed by atoms with Gasteiger partial charge in [0.1, 0.15) is 0 Å². The van der Waals surface area contributed by atoms with Crippen molar-refractivity contribution in [2.24, 2.45) is 0 Å². The normalized spacial score (nSPS) is 10.8. The van der Waals surface area contributed by atoms with Crippen molar-refractivity contribution in [2.75, 3.05) is 18.6 Å². The second kappa shape index (κ2) is 8.60. The number of aryl methyl sites for hydroxylation is 2. The SMILES string of the molecule is CSCCCCCNCc1cc(C)cc(C)c1. The lowest BCUT2D eigenvalue weighted by atomic mass is 10.1. The van der Waals surface area contributed by atoms with Crippen molar-refractivity contribution in [3.8, 4) is 0 Å². The Bertz CT molecular complexity index is 302. The summed E-state index contributed by atoms with van der Waals surface area (Å²) in [5.41, 5.74) is 4.13. The van der Waals surface area contributed by atoms with Crippen molar-refractivity contribution in [1.82, 2.24) is 5.32 Å². The zero-order chi connectivity index (χ0) is 12.5. The second-order valence-corrected chi connectivity index (χ2v) is 5.71. The molecule has 0 aromatic heterocycles. The lowest BCUT2D eigenvalue weighted by Crippen LogP contribution is -2.14. The van der Waals surface area contributed by atoms with Crippen LogP contribution in [-0.2, 0) is 6.54 Å². The predicted molar refractivity (Wildman–Crippen MR) is 79.9 cm³/mol. The molecule has 0 saturated carbocycles. The summed E-state index contributed by atoms with van der Waals surface area (Å²) in [6.07, 6.45) is 6.18. The van der Waals surface area contributed by atoms with E-state index in [2.05, 4.69) is 43.6 Å². The van der Waals surface area contributed by atoms with Gasteiger partial charge in [-0.25, -0.2) is 0 Å². The van der Waals surface area contributed by atoms with Crippen molar-refractivity contribution >= 4 is 11.8 Å². The lowest BCUT2D eigenvalue weighted by Gasteiger charge is -2.07. The van der Waals surface area contributed by atoms with Gasteiger partial charge in [-0.1, -0.05) is 35.7 Å². The molecule has 17 heavy (non-hydrogen) atoms. The zero-order valence-corrected chi connectivity index (χ0v) is 12.2. The summed E-state index contributed by atoms with van der Waals surface area (Å²) in [6, 6.07) is 6.77. The van der Waals surface area contributed by atoms with Crippen LogP contribution in [0.25, 0.3) is 0 Å². The molecule has 0 fully saturated rings. The van der Waals surface area contributed by atoms with Gasteiger partial charge in [-0.2, -0.15) is 11.8 Å². The first-order valence-electron chi connectivity index (χ1n) is 6.49. The van der Waals surface area contributed by atoms with Crippen LogP contribution >= 0.6 is 11.8 Å². The molecule has 96 valence electrons. The maximum absolute atomic E-state index is 3.53. The van der Waals surface area contributed by atoms with Crippen LogP contribution in [0, 0.1) is 13.8 Å². The van der Waals surface area contributed by atoms with E-state index in [-0.39, 0.29) is 0 Å². The Kier molecular flexibility index (Phi) is 7.38. The Morgan fingerprint density at radius 3 is 2.35 bits per heavy atom. The average molecular weight is 251 g/mol. The third-order valence-electron chi connectivity index (χ3n) is 2.81. The molecule has 0 aliphatic rings. The van der Waals surface area contributed by atoms with Gasteiger partial charge in [0.25, 0.3) is 0 Å². The standard InChI is InChI=1S/C15H25NS/c1-13-9-14(2)11-15(10-13)12-16-7-5-4-6-8-17-3/h9-11,16H,4-8,12H2,1-3H3. The highest BCUT2D eigenvalue weighted by molar-refractivity contribution is 7.98. The summed E-state index contributed by atoms with van der Waals surface area (Å²) >= 11 is 1.95. The van der Waals surface area contributed by atoms with E-state index in [0.29, 0.717) is 0 Å². The molecule has 0 aliphatic heterocycles. The number of hydrogen-bond acceptors (Lipinski definition) is 2. The summed E-state index contributed by atoms with van der Waals surface area (Å²) in [6.45, 7) is 6.48. The van der Waals surface area contributed by atoms with Gasteiger partial charge >= 0.3 is 0 Å². The van der Waals surface area contributed by atoms with Crippen LogP contribution < -0.4 is 5.32 Å². The molecule has 0 heterocycles. The molecular formula is C15H25NS. The van der Waals surface area contributed by atoms with Gasteiger partial charge in [0.15, 0.2) is 0 Å². The van der Waals surface area contributed by atoms with E-state index in [1.807, 2.05) is 11.8 Å². The van der Waals surface area contributed by atoms with E-state index in [1.165, 1.54) is 41.7 Å². The fraction of sp³-hybridized carbons (Fsp3) is 0.600. The molecule has 0 amide bonds. The smallest absolute Gasteiger partial charge is 0.0205 e. The third kappa shape index (κ3) is 6.75. The maximum atomic E-state index is 3.53. The number of unbranched alkanes of at least 4 members (excludes halogenated alkanes) is 2. The third-order valence-corrected chi connectivity index (χ3v) is 3.51. The highest BCUT2D eigenvalue weighted by atomic mass is 32.2. The van der Waals surface area contributed by atoms with Crippen LogP contribution in [0.4, 0.5) is 0 Å². The van der Waals surface area contributed by atoms with E-state index >= 15 is 0 Å². The van der Waals surface area contributed by atoms with Gasteiger partial charge in [-0.3, -0.25) is 0 Å². The number of nitrogens with one attached hydrogen (secondary N) is 1. The summed E-state index contributed by atoms with van der Waals surface area (Å²) in [4.78, 5) is 0. The van der Waals surface area contributed by atoms with E-state index in [1.54, 1.807) is 0 Å². The van der Waals surface area contributed by atoms with Crippen molar-refractivity contribution in [1.29, 1.82) is 0 Å². The molecule has 0 aliphatic carbocycles. The molecule has 0 bridgehead atoms. The Hall–Kier alpha value is -0.470. The van der Waals surface area contributed by atoms with Gasteiger partial charge in [0.05, 0.1) is 0 Å². The van der Waals surface area contributed by atoms with Crippen LogP contribution in [0.2, 0.25) is 0 Å². The first kappa shape index (κ1) is 14.6. The molecule has 1 nitrogen and oxygen atoms in total. The summed E-state index contributed by atoms with van der Waals surface area (Å²) < 4.78 is 0. The van der Waals surface area contributed by atoms with Gasteiger partial charge in [0.2, 0.25) is 0 Å². The first-order valence-corrected chi connectivity index (χ1v) is 7.88. The second-order valence-electron chi connectivity index (χ2n) is 4.73. The molecule has 0 atom stereocenters. The van der Waals surface area contributed by atoms with E-state index in [9.17, 15) is 0 Å². The molecule has 0 radical (unpaired) electrons. The molecule has 2 heteroatoms. The molecule has 1 aromatic rings. The Labute approximate surface area is 110 Å². The average Bonchev–Trinajstić information content (AvgIpc) is 2.26. The number of thioether (sulfide) groups is 1. The molecule has 1 N–H and O–H groups in total. The van der Waals surface area contributed by atoms with Crippen LogP contribution in [-0.4, -0.2) is 18.6 Å². The Morgan fingerprint density at radius 1 is 1.00 bits per heavy atom.